The van der Waals surface area contributed by atoms with Crippen LogP contribution in [0.25, 0.3) is 0 Å². The second kappa shape index (κ2) is 13.3. The molecule has 0 aromatic rings. The van der Waals surface area contributed by atoms with E-state index in [-0.39, 0.29) is 54.3 Å². The SMILES string of the molecule is CCC(=O)OC(O)(C(=O)C1C(C(=O)O)C(=O)C=C2CC[C@@H]3[C@@H](C(O)C[C@]4(C)C(O)CC[C@@H]34)[C@]21C)C1=C(C(=O)O)C(=O)C=C2CC[C@@H]3[C@@H](CC[C@]4(C)CCC[C@@H]34)[C@]21C. The van der Waals surface area contributed by atoms with E-state index in [9.17, 15) is 49.5 Å². The number of carbonyl (C=O) groups is 6. The molecule has 5 N–H and O–H groups in total. The zero-order valence-electron chi connectivity index (χ0n) is 33.7. The Bertz CT molecular complexity index is 1940. The molecule has 310 valence electrons. The molecule has 0 aromatic heterocycles. The van der Waals surface area contributed by atoms with Crippen molar-refractivity contribution in [3.63, 3.8) is 0 Å². The molecule has 0 amide bonds. The number of carboxylic acids is 2. The van der Waals surface area contributed by atoms with Gasteiger partial charge in [0.1, 0.15) is 11.5 Å². The van der Waals surface area contributed by atoms with Crippen LogP contribution in [0.4, 0.5) is 0 Å². The van der Waals surface area contributed by atoms with Crippen LogP contribution >= 0.6 is 0 Å². The van der Waals surface area contributed by atoms with Gasteiger partial charge in [0, 0.05) is 22.8 Å². The molecule has 0 bridgehead atoms. The van der Waals surface area contributed by atoms with E-state index < -0.39 is 98.4 Å². The van der Waals surface area contributed by atoms with Crippen LogP contribution in [0.15, 0.2) is 34.4 Å². The molecule has 6 saturated carbocycles. The maximum Gasteiger partial charge on any atom is 0.339 e. The lowest BCUT2D eigenvalue weighted by atomic mass is 9.42. The summed E-state index contributed by atoms with van der Waals surface area (Å²) in [5.41, 5.74) is -4.15. The van der Waals surface area contributed by atoms with Crippen LogP contribution in [0.2, 0.25) is 0 Å². The first kappa shape index (κ1) is 40.3. The Kier molecular flexibility index (Phi) is 9.38. The van der Waals surface area contributed by atoms with Crippen LogP contribution in [-0.2, 0) is 33.5 Å². The number of carbonyl (C=O) groups excluding carboxylic acids is 4. The zero-order valence-corrected chi connectivity index (χ0v) is 33.7. The van der Waals surface area contributed by atoms with Crippen molar-refractivity contribution in [3.8, 4) is 0 Å². The number of allylic oxidation sites excluding steroid dienone is 3. The molecule has 12 nitrogen and oxygen atoms in total. The van der Waals surface area contributed by atoms with Crippen molar-refractivity contribution in [1.29, 1.82) is 0 Å². The summed E-state index contributed by atoms with van der Waals surface area (Å²) in [7, 11) is 0. The first-order chi connectivity index (χ1) is 26.7. The van der Waals surface area contributed by atoms with E-state index in [4.69, 9.17) is 4.74 Å². The van der Waals surface area contributed by atoms with Crippen LogP contribution < -0.4 is 0 Å². The third-order valence-corrected chi connectivity index (χ3v) is 17.8. The number of Topliss-reactive ketones (excluding diaryl/α,β-unsaturated/α-hetero) is 1. The molecule has 0 saturated heterocycles. The Balaban J connectivity index is 1.35. The summed E-state index contributed by atoms with van der Waals surface area (Å²) in [6, 6.07) is 0. The Hall–Kier alpha value is -3.48. The van der Waals surface area contributed by atoms with Gasteiger partial charge >= 0.3 is 17.9 Å². The van der Waals surface area contributed by atoms with Gasteiger partial charge in [-0.3, -0.25) is 24.0 Å². The fraction of sp³-hybridized carbons (Fsp3) is 0.733. The Morgan fingerprint density at radius 2 is 1.53 bits per heavy atom. The van der Waals surface area contributed by atoms with Gasteiger partial charge in [-0.25, -0.2) is 4.79 Å². The number of carboxylic acid groups (broad SMARTS) is 2. The second-order valence-electron chi connectivity index (χ2n) is 20.0. The molecule has 0 aromatic carbocycles. The lowest BCUT2D eigenvalue weighted by molar-refractivity contribution is -0.215. The molecular formula is C45H58O12. The number of ether oxygens (including phenoxy) is 1. The van der Waals surface area contributed by atoms with Gasteiger partial charge in [0.15, 0.2) is 11.6 Å². The van der Waals surface area contributed by atoms with Crippen molar-refractivity contribution in [1.82, 2.24) is 0 Å². The Morgan fingerprint density at radius 1 is 0.842 bits per heavy atom. The highest BCUT2D eigenvalue weighted by molar-refractivity contribution is 6.24. The largest absolute Gasteiger partial charge is 0.481 e. The third kappa shape index (κ3) is 5.33. The van der Waals surface area contributed by atoms with Gasteiger partial charge in [-0.2, -0.15) is 0 Å². The lowest BCUT2D eigenvalue weighted by Gasteiger charge is -2.62. The number of ketones is 3. The Morgan fingerprint density at radius 3 is 2.19 bits per heavy atom. The van der Waals surface area contributed by atoms with Crippen molar-refractivity contribution in [3.05, 3.63) is 34.4 Å². The molecule has 8 aliphatic rings. The second-order valence-corrected chi connectivity index (χ2v) is 20.0. The van der Waals surface area contributed by atoms with Gasteiger partial charge in [-0.05, 0) is 129 Å². The minimum Gasteiger partial charge on any atom is -0.481 e. The molecule has 5 unspecified atom stereocenters. The summed E-state index contributed by atoms with van der Waals surface area (Å²) in [6.07, 6.45) is 8.00. The predicted molar refractivity (Wildman–Crippen MR) is 203 cm³/mol. The third-order valence-electron chi connectivity index (χ3n) is 17.8. The number of aliphatic carboxylic acids is 2. The van der Waals surface area contributed by atoms with E-state index in [0.717, 1.165) is 32.1 Å². The molecule has 0 radical (unpaired) electrons. The van der Waals surface area contributed by atoms with Crippen molar-refractivity contribution >= 4 is 35.3 Å². The first-order valence-electron chi connectivity index (χ1n) is 21.3. The van der Waals surface area contributed by atoms with Gasteiger partial charge in [-0.15, -0.1) is 0 Å². The van der Waals surface area contributed by atoms with Crippen molar-refractivity contribution in [2.24, 2.45) is 69.0 Å². The quantitative estimate of drug-likeness (QED) is 0.0985. The molecule has 8 rings (SSSR count). The van der Waals surface area contributed by atoms with Crippen LogP contribution in [0, 0.1) is 69.0 Å². The van der Waals surface area contributed by atoms with Crippen LogP contribution in [-0.4, -0.2) is 78.8 Å². The Labute approximate surface area is 333 Å². The van der Waals surface area contributed by atoms with Gasteiger partial charge < -0.3 is 30.3 Å². The number of hydrogen-bond acceptors (Lipinski definition) is 10. The number of aliphatic hydroxyl groups is 3. The minimum atomic E-state index is -3.47. The summed E-state index contributed by atoms with van der Waals surface area (Å²) in [5, 5.41) is 58.4. The molecule has 0 heterocycles. The van der Waals surface area contributed by atoms with E-state index in [1.807, 2.05) is 6.92 Å². The molecule has 0 aliphatic heterocycles. The maximum atomic E-state index is 16.1. The predicted octanol–water partition coefficient (Wildman–Crippen LogP) is 5.12. The van der Waals surface area contributed by atoms with Gasteiger partial charge in [0.05, 0.1) is 18.1 Å². The summed E-state index contributed by atoms with van der Waals surface area (Å²) < 4.78 is 5.87. The molecule has 15 atom stereocenters. The standard InChI is InChI=1S/C45H58O12/c1-6-32(50)57-45(56,37-34(40(54)55)29(47)18-21-9-11-23-25-8-7-16-41(25,2)17-15-27(23)43(21,37)4)38(51)36-33(39(52)53)28(46)19-22-10-12-24-26-13-14-31(49)42(26,3)20-30(48)35(24)44(22,36)5/h18-19,23-27,30-31,33,35-36,48-49,56H,6-17,20H2,1-5H3,(H,52,53)(H,54,55)/t23-,24-,25-,26-,27+,30?,31?,33?,35-,36?,41-,42-,43-,44-,45?/m0/s1. The minimum absolute atomic E-state index is 0.0375. The summed E-state index contributed by atoms with van der Waals surface area (Å²) in [5.74, 6) is -16.5. The molecular weight excluding hydrogens is 732 g/mol. The van der Waals surface area contributed by atoms with E-state index in [1.165, 1.54) is 19.1 Å². The fourth-order valence-electron chi connectivity index (χ4n) is 15.3. The molecule has 57 heavy (non-hydrogen) atoms. The van der Waals surface area contributed by atoms with E-state index >= 15 is 4.79 Å². The van der Waals surface area contributed by atoms with Gasteiger partial charge in [-0.1, -0.05) is 52.2 Å². The van der Waals surface area contributed by atoms with Crippen molar-refractivity contribution < 1.29 is 59.0 Å². The van der Waals surface area contributed by atoms with Gasteiger partial charge in [0.25, 0.3) is 5.79 Å². The number of fused-ring (bicyclic) bond motifs is 10. The number of aliphatic hydroxyl groups excluding tert-OH is 2. The number of hydrogen-bond donors (Lipinski definition) is 5. The van der Waals surface area contributed by atoms with E-state index in [1.54, 1.807) is 13.8 Å². The number of esters is 1. The molecule has 8 aliphatic carbocycles. The van der Waals surface area contributed by atoms with Crippen molar-refractivity contribution in [2.75, 3.05) is 0 Å². The fourth-order valence-corrected chi connectivity index (χ4v) is 15.3. The summed E-state index contributed by atoms with van der Waals surface area (Å²) in [6.45, 7) is 9.04. The average molecular weight is 791 g/mol. The normalized spacial score (nSPS) is 45.8. The average Bonchev–Trinajstić information content (AvgIpc) is 3.68. The lowest BCUT2D eigenvalue weighted by Crippen LogP contribution is -2.66. The van der Waals surface area contributed by atoms with Crippen molar-refractivity contribution in [2.45, 2.75) is 136 Å². The monoisotopic (exact) mass is 790 g/mol. The summed E-state index contributed by atoms with van der Waals surface area (Å²) in [4.78, 5) is 84.5. The van der Waals surface area contributed by atoms with Crippen LogP contribution in [0.1, 0.15) is 118 Å². The molecule has 12 heteroatoms. The highest BCUT2D eigenvalue weighted by atomic mass is 16.7. The first-order valence-corrected chi connectivity index (χ1v) is 21.3. The zero-order chi connectivity index (χ0) is 41.4. The van der Waals surface area contributed by atoms with E-state index in [2.05, 4.69) is 6.92 Å². The molecule has 6 fully saturated rings. The van der Waals surface area contributed by atoms with Crippen LogP contribution in [0.3, 0.4) is 0 Å². The summed E-state index contributed by atoms with van der Waals surface area (Å²) >= 11 is 0. The van der Waals surface area contributed by atoms with E-state index in [0.29, 0.717) is 43.3 Å². The maximum absolute atomic E-state index is 16.1. The smallest absolute Gasteiger partial charge is 0.339 e. The molecule has 0 spiro atoms. The van der Waals surface area contributed by atoms with Gasteiger partial charge in [0.2, 0.25) is 5.78 Å². The highest BCUT2D eigenvalue weighted by Crippen LogP contribution is 2.70. The topological polar surface area (TPSA) is 213 Å². The van der Waals surface area contributed by atoms with Crippen LogP contribution in [0.5, 0.6) is 0 Å². The highest BCUT2D eigenvalue weighted by Gasteiger charge is 2.71. The number of rotatable bonds is 7.